The van der Waals surface area contributed by atoms with E-state index < -0.39 is 0 Å². The zero-order valence-corrected chi connectivity index (χ0v) is 9.26. The second-order valence-electron chi connectivity index (χ2n) is 3.81. The maximum atomic E-state index is 5.60. The van der Waals surface area contributed by atoms with Crippen molar-refractivity contribution >= 4 is 0 Å². The monoisotopic (exact) mass is 201 g/mol. The fourth-order valence-corrected chi connectivity index (χ4v) is 1.62. The van der Waals surface area contributed by atoms with Crippen molar-refractivity contribution in [3.05, 3.63) is 0 Å². The van der Waals surface area contributed by atoms with Gasteiger partial charge in [0.15, 0.2) is 0 Å². The highest BCUT2D eigenvalue weighted by Gasteiger charge is 2.12. The molecular formula is C11H23NO2. The van der Waals surface area contributed by atoms with E-state index in [0.717, 1.165) is 39.3 Å². The summed E-state index contributed by atoms with van der Waals surface area (Å²) in [5.74, 6) is 0. The molecule has 84 valence electrons. The first kappa shape index (κ1) is 12.0. The lowest BCUT2D eigenvalue weighted by Gasteiger charge is -2.22. The van der Waals surface area contributed by atoms with Crippen molar-refractivity contribution in [3.8, 4) is 0 Å². The second-order valence-corrected chi connectivity index (χ2v) is 3.81. The Morgan fingerprint density at radius 1 is 1.36 bits per heavy atom. The fraction of sp³-hybridized carbons (Fsp3) is 1.00. The highest BCUT2D eigenvalue weighted by Crippen LogP contribution is 2.11. The number of ether oxygens (including phenoxy) is 2. The maximum absolute atomic E-state index is 5.60. The minimum absolute atomic E-state index is 0.440. The van der Waals surface area contributed by atoms with Crippen LogP contribution in [0.3, 0.4) is 0 Å². The maximum Gasteiger partial charge on any atom is 0.0699 e. The molecule has 0 bridgehead atoms. The molecule has 14 heavy (non-hydrogen) atoms. The van der Waals surface area contributed by atoms with Crippen LogP contribution in [0.15, 0.2) is 0 Å². The quantitative estimate of drug-likeness (QED) is 0.634. The molecule has 1 heterocycles. The third-order valence-corrected chi connectivity index (χ3v) is 2.42. The Labute approximate surface area is 87.2 Å². The summed E-state index contributed by atoms with van der Waals surface area (Å²) < 4.78 is 11.0. The molecule has 1 fully saturated rings. The average Bonchev–Trinajstić information content (AvgIpc) is 2.25. The number of nitrogens with one attached hydrogen (secondary N) is 1. The van der Waals surface area contributed by atoms with E-state index in [1.807, 2.05) is 0 Å². The summed E-state index contributed by atoms with van der Waals surface area (Å²) >= 11 is 0. The summed E-state index contributed by atoms with van der Waals surface area (Å²) in [7, 11) is 0. The van der Waals surface area contributed by atoms with Gasteiger partial charge in [-0.1, -0.05) is 6.92 Å². The van der Waals surface area contributed by atoms with E-state index >= 15 is 0 Å². The van der Waals surface area contributed by atoms with Crippen LogP contribution in [0.2, 0.25) is 0 Å². The van der Waals surface area contributed by atoms with Crippen molar-refractivity contribution in [2.75, 3.05) is 32.9 Å². The zero-order valence-electron chi connectivity index (χ0n) is 9.26. The first-order valence-electron chi connectivity index (χ1n) is 5.83. The average molecular weight is 201 g/mol. The molecule has 1 rings (SSSR count). The molecule has 0 aromatic heterocycles. The van der Waals surface area contributed by atoms with Crippen LogP contribution in [-0.2, 0) is 9.47 Å². The van der Waals surface area contributed by atoms with Crippen molar-refractivity contribution in [2.24, 2.45) is 0 Å². The molecule has 0 amide bonds. The molecule has 1 saturated heterocycles. The van der Waals surface area contributed by atoms with E-state index in [1.165, 1.54) is 19.3 Å². The summed E-state index contributed by atoms with van der Waals surface area (Å²) in [6.45, 7) is 6.69. The van der Waals surface area contributed by atoms with Gasteiger partial charge in [0.2, 0.25) is 0 Å². The normalized spacial score (nSPS) is 22.5. The minimum Gasteiger partial charge on any atom is -0.380 e. The minimum atomic E-state index is 0.440. The molecule has 1 aliphatic rings. The molecular weight excluding hydrogens is 178 g/mol. The predicted molar refractivity (Wildman–Crippen MR) is 57.6 cm³/mol. The topological polar surface area (TPSA) is 30.5 Å². The lowest BCUT2D eigenvalue weighted by Crippen LogP contribution is -2.33. The van der Waals surface area contributed by atoms with Gasteiger partial charge in [-0.25, -0.2) is 0 Å². The Hall–Kier alpha value is -0.120. The highest BCUT2D eigenvalue weighted by molar-refractivity contribution is 4.65. The molecule has 1 atom stereocenters. The third-order valence-electron chi connectivity index (χ3n) is 2.42. The van der Waals surface area contributed by atoms with Gasteiger partial charge >= 0.3 is 0 Å². The largest absolute Gasteiger partial charge is 0.380 e. The van der Waals surface area contributed by atoms with Gasteiger partial charge in [-0.3, -0.25) is 0 Å². The lowest BCUT2D eigenvalue weighted by atomic mass is 10.1. The Bertz CT molecular complexity index is 124. The van der Waals surface area contributed by atoms with Crippen LogP contribution in [0.4, 0.5) is 0 Å². The molecule has 0 radical (unpaired) electrons. The van der Waals surface area contributed by atoms with Crippen LogP contribution in [0.1, 0.15) is 32.6 Å². The molecule has 1 N–H and O–H groups in total. The van der Waals surface area contributed by atoms with Gasteiger partial charge in [0.05, 0.1) is 12.7 Å². The highest BCUT2D eigenvalue weighted by atomic mass is 16.5. The molecule has 3 nitrogen and oxygen atoms in total. The van der Waals surface area contributed by atoms with Crippen LogP contribution in [-0.4, -0.2) is 39.0 Å². The SMILES string of the molecule is CCCOCCNCC1CCCCO1. The predicted octanol–water partition coefficient (Wildman–Crippen LogP) is 1.57. The Morgan fingerprint density at radius 2 is 2.29 bits per heavy atom. The molecule has 0 aliphatic carbocycles. The molecule has 0 aromatic carbocycles. The van der Waals surface area contributed by atoms with E-state index in [0.29, 0.717) is 6.10 Å². The van der Waals surface area contributed by atoms with E-state index in [-0.39, 0.29) is 0 Å². The molecule has 0 aromatic rings. The van der Waals surface area contributed by atoms with Crippen LogP contribution < -0.4 is 5.32 Å². The summed E-state index contributed by atoms with van der Waals surface area (Å²) in [5.41, 5.74) is 0. The first-order valence-corrected chi connectivity index (χ1v) is 5.83. The standard InChI is InChI=1S/C11H23NO2/c1-2-7-13-9-6-12-10-11-5-3-4-8-14-11/h11-12H,2-10H2,1H3. The van der Waals surface area contributed by atoms with Crippen LogP contribution in [0, 0.1) is 0 Å². The van der Waals surface area contributed by atoms with Crippen molar-refractivity contribution in [1.82, 2.24) is 5.32 Å². The van der Waals surface area contributed by atoms with Gasteiger partial charge in [-0.2, -0.15) is 0 Å². The number of rotatable bonds is 7. The Kier molecular flexibility index (Phi) is 7.01. The fourth-order valence-electron chi connectivity index (χ4n) is 1.62. The molecule has 0 saturated carbocycles. The second kappa shape index (κ2) is 8.21. The van der Waals surface area contributed by atoms with Crippen molar-refractivity contribution in [3.63, 3.8) is 0 Å². The van der Waals surface area contributed by atoms with Crippen molar-refractivity contribution in [1.29, 1.82) is 0 Å². The first-order chi connectivity index (χ1) is 6.93. The van der Waals surface area contributed by atoms with Crippen LogP contribution in [0.5, 0.6) is 0 Å². The van der Waals surface area contributed by atoms with Gasteiger partial charge in [-0.05, 0) is 25.7 Å². The zero-order chi connectivity index (χ0) is 10.1. The molecule has 1 unspecified atom stereocenters. The van der Waals surface area contributed by atoms with Crippen molar-refractivity contribution in [2.45, 2.75) is 38.7 Å². The van der Waals surface area contributed by atoms with Gasteiger partial charge < -0.3 is 14.8 Å². The van der Waals surface area contributed by atoms with E-state index in [1.54, 1.807) is 0 Å². The smallest absolute Gasteiger partial charge is 0.0699 e. The summed E-state index contributed by atoms with van der Waals surface area (Å²) in [5, 5.41) is 3.36. The Morgan fingerprint density at radius 3 is 3.00 bits per heavy atom. The number of hydrogen-bond donors (Lipinski definition) is 1. The Balaban J connectivity index is 1.82. The van der Waals surface area contributed by atoms with Gasteiger partial charge in [0.1, 0.15) is 0 Å². The molecule has 0 spiro atoms. The van der Waals surface area contributed by atoms with Crippen LogP contribution in [0.25, 0.3) is 0 Å². The number of hydrogen-bond acceptors (Lipinski definition) is 3. The van der Waals surface area contributed by atoms with E-state index in [2.05, 4.69) is 12.2 Å². The van der Waals surface area contributed by atoms with E-state index in [9.17, 15) is 0 Å². The van der Waals surface area contributed by atoms with Gasteiger partial charge in [-0.15, -0.1) is 0 Å². The van der Waals surface area contributed by atoms with Gasteiger partial charge in [0, 0.05) is 26.3 Å². The molecule has 1 aliphatic heterocycles. The van der Waals surface area contributed by atoms with E-state index in [4.69, 9.17) is 9.47 Å². The summed E-state index contributed by atoms with van der Waals surface area (Å²) in [4.78, 5) is 0. The lowest BCUT2D eigenvalue weighted by molar-refractivity contribution is 0.0158. The summed E-state index contributed by atoms with van der Waals surface area (Å²) in [6, 6.07) is 0. The third kappa shape index (κ3) is 5.58. The van der Waals surface area contributed by atoms with Crippen molar-refractivity contribution < 1.29 is 9.47 Å². The molecule has 3 heteroatoms. The van der Waals surface area contributed by atoms with Crippen LogP contribution >= 0.6 is 0 Å². The summed E-state index contributed by atoms with van der Waals surface area (Å²) in [6.07, 6.45) is 5.30. The van der Waals surface area contributed by atoms with Gasteiger partial charge in [0.25, 0.3) is 0 Å².